The third-order valence-electron chi connectivity index (χ3n) is 0.319. The molecule has 6 heavy (non-hydrogen) atoms. The summed E-state index contributed by atoms with van der Waals surface area (Å²) in [5.41, 5.74) is 1.31. The van der Waals surface area contributed by atoms with Gasteiger partial charge in [-0.05, 0) is 19.3 Å². The summed E-state index contributed by atoms with van der Waals surface area (Å²) in [7, 11) is 0. The van der Waals surface area contributed by atoms with E-state index in [9.17, 15) is 0 Å². The summed E-state index contributed by atoms with van der Waals surface area (Å²) in [5, 5.41) is 2.01. The Bertz CT molecular complexity index is 51.0. The van der Waals surface area contributed by atoms with Crippen molar-refractivity contribution in [1.29, 1.82) is 0 Å². The average Bonchev–Trinajstić information content (AvgIpc) is 1.35. The third-order valence-corrected chi connectivity index (χ3v) is 0.957. The molecule has 0 fully saturated rings. The standard InChI is InChI=1S/C5H9S/c1-5(2)4-6-3/h4H,3H2,1-2H3. The van der Waals surface area contributed by atoms with Crippen LogP contribution in [0.5, 0.6) is 0 Å². The van der Waals surface area contributed by atoms with Crippen LogP contribution in [0, 0.1) is 6.26 Å². The van der Waals surface area contributed by atoms with Crippen LogP contribution in [0.2, 0.25) is 0 Å². The lowest BCUT2D eigenvalue weighted by molar-refractivity contribution is 1.42. The first-order chi connectivity index (χ1) is 2.77. The molecule has 0 unspecified atom stereocenters. The molecule has 0 aromatic carbocycles. The Balaban J connectivity index is 3.14. The molecule has 0 heterocycles. The molecule has 0 aliphatic rings. The zero-order valence-corrected chi connectivity index (χ0v) is 5.01. The van der Waals surface area contributed by atoms with Crippen LogP contribution in [-0.2, 0) is 0 Å². The molecule has 0 aromatic heterocycles. The van der Waals surface area contributed by atoms with E-state index in [-0.39, 0.29) is 0 Å². The third kappa shape index (κ3) is 4.09. The molecular formula is C5H9S. The predicted molar refractivity (Wildman–Crippen MR) is 32.4 cm³/mol. The highest BCUT2D eigenvalue weighted by Gasteiger charge is 1.67. The van der Waals surface area contributed by atoms with E-state index in [0.29, 0.717) is 0 Å². The van der Waals surface area contributed by atoms with Crippen LogP contribution < -0.4 is 0 Å². The molecule has 0 saturated carbocycles. The molecule has 0 amide bonds. The highest BCUT2D eigenvalue weighted by molar-refractivity contribution is 8.03. The molecule has 0 saturated heterocycles. The summed E-state index contributed by atoms with van der Waals surface area (Å²) in [5.74, 6) is 0. The predicted octanol–water partition coefficient (Wildman–Crippen LogP) is 2.43. The first-order valence-electron chi connectivity index (χ1n) is 1.81. The Morgan fingerprint density at radius 1 is 1.67 bits per heavy atom. The van der Waals surface area contributed by atoms with Crippen LogP contribution in [0.25, 0.3) is 0 Å². The van der Waals surface area contributed by atoms with Crippen LogP contribution in [0.15, 0.2) is 11.0 Å². The molecule has 0 aromatic rings. The van der Waals surface area contributed by atoms with Crippen LogP contribution >= 0.6 is 11.8 Å². The Morgan fingerprint density at radius 3 is 2.17 bits per heavy atom. The van der Waals surface area contributed by atoms with Gasteiger partial charge in [0.05, 0.1) is 0 Å². The fourth-order valence-electron chi connectivity index (χ4n) is 0.167. The molecule has 0 atom stereocenters. The molecular weight excluding hydrogens is 92.1 g/mol. The van der Waals surface area contributed by atoms with E-state index in [2.05, 4.69) is 20.1 Å². The summed E-state index contributed by atoms with van der Waals surface area (Å²) in [6.45, 7) is 4.11. The monoisotopic (exact) mass is 101 g/mol. The lowest BCUT2D eigenvalue weighted by Crippen LogP contribution is -1.52. The highest BCUT2D eigenvalue weighted by atomic mass is 32.2. The zero-order chi connectivity index (χ0) is 4.99. The molecule has 0 spiro atoms. The minimum absolute atomic E-state index is 1.31. The van der Waals surface area contributed by atoms with Crippen molar-refractivity contribution in [3.63, 3.8) is 0 Å². The fraction of sp³-hybridized carbons (Fsp3) is 0.400. The number of rotatable bonds is 1. The topological polar surface area (TPSA) is 0 Å². The van der Waals surface area contributed by atoms with Crippen molar-refractivity contribution >= 4 is 11.8 Å². The Labute approximate surface area is 43.6 Å². The largest absolute Gasteiger partial charge is 0.133 e. The summed E-state index contributed by atoms with van der Waals surface area (Å²) >= 11 is 1.50. The van der Waals surface area contributed by atoms with Gasteiger partial charge in [-0.25, -0.2) is 0 Å². The molecule has 35 valence electrons. The van der Waals surface area contributed by atoms with Crippen LogP contribution in [0.3, 0.4) is 0 Å². The summed E-state index contributed by atoms with van der Waals surface area (Å²) in [6, 6.07) is 0. The Hall–Kier alpha value is 0.0900. The number of hydrogen-bond donors (Lipinski definition) is 0. The Morgan fingerprint density at radius 2 is 2.17 bits per heavy atom. The van der Waals surface area contributed by atoms with Gasteiger partial charge in [0.2, 0.25) is 0 Å². The second-order valence-corrected chi connectivity index (χ2v) is 1.93. The number of thioether (sulfide) groups is 1. The second-order valence-electron chi connectivity index (χ2n) is 1.36. The van der Waals surface area contributed by atoms with E-state index in [1.807, 2.05) is 5.41 Å². The zero-order valence-electron chi connectivity index (χ0n) is 4.19. The van der Waals surface area contributed by atoms with Crippen molar-refractivity contribution in [3.05, 3.63) is 17.2 Å². The highest BCUT2D eigenvalue weighted by Crippen LogP contribution is 2.01. The van der Waals surface area contributed by atoms with Gasteiger partial charge in [0.15, 0.2) is 0 Å². The van der Waals surface area contributed by atoms with Crippen LogP contribution in [-0.4, -0.2) is 0 Å². The maximum Gasteiger partial charge on any atom is 0.00683 e. The van der Waals surface area contributed by atoms with Crippen molar-refractivity contribution in [2.75, 3.05) is 0 Å². The number of hydrogen-bond acceptors (Lipinski definition) is 1. The SMILES string of the molecule is [CH2]SC=C(C)C. The minimum atomic E-state index is 1.31. The summed E-state index contributed by atoms with van der Waals surface area (Å²) in [4.78, 5) is 0. The molecule has 0 bridgehead atoms. The Kier molecular flexibility index (Phi) is 3.34. The molecule has 0 N–H and O–H groups in total. The number of allylic oxidation sites excluding steroid dienone is 1. The van der Waals surface area contributed by atoms with E-state index in [1.165, 1.54) is 17.3 Å². The fourth-order valence-corrected chi connectivity index (χ4v) is 0.500. The molecule has 1 radical (unpaired) electrons. The van der Waals surface area contributed by atoms with E-state index >= 15 is 0 Å². The van der Waals surface area contributed by atoms with Gasteiger partial charge < -0.3 is 0 Å². The first-order valence-corrected chi connectivity index (χ1v) is 2.86. The van der Waals surface area contributed by atoms with Gasteiger partial charge >= 0.3 is 0 Å². The molecule has 0 aliphatic heterocycles. The lowest BCUT2D eigenvalue weighted by atomic mass is 10.4. The molecule has 1 heteroatoms. The quantitative estimate of drug-likeness (QED) is 0.489. The lowest BCUT2D eigenvalue weighted by Gasteiger charge is -1.79. The van der Waals surface area contributed by atoms with E-state index in [4.69, 9.17) is 0 Å². The molecule has 0 rings (SSSR count). The minimum Gasteiger partial charge on any atom is -0.133 e. The van der Waals surface area contributed by atoms with Gasteiger partial charge in [-0.2, -0.15) is 0 Å². The van der Waals surface area contributed by atoms with E-state index < -0.39 is 0 Å². The summed E-state index contributed by atoms with van der Waals surface area (Å²) in [6.07, 6.45) is 3.57. The van der Waals surface area contributed by atoms with Gasteiger partial charge in [-0.15, -0.1) is 11.8 Å². The van der Waals surface area contributed by atoms with E-state index in [0.717, 1.165) is 0 Å². The maximum absolute atomic E-state index is 3.57. The van der Waals surface area contributed by atoms with Crippen molar-refractivity contribution in [1.82, 2.24) is 0 Å². The first kappa shape index (κ1) is 6.09. The molecule has 0 nitrogen and oxygen atoms in total. The van der Waals surface area contributed by atoms with Gasteiger partial charge in [-0.3, -0.25) is 0 Å². The maximum atomic E-state index is 3.57. The van der Waals surface area contributed by atoms with Gasteiger partial charge in [-0.1, -0.05) is 5.57 Å². The smallest absolute Gasteiger partial charge is 0.00683 e. The normalized spacial score (nSPS) is 7.83. The second kappa shape index (κ2) is 3.29. The van der Waals surface area contributed by atoms with Crippen molar-refractivity contribution < 1.29 is 0 Å². The molecule has 0 aliphatic carbocycles. The van der Waals surface area contributed by atoms with Crippen LogP contribution in [0.1, 0.15) is 13.8 Å². The van der Waals surface area contributed by atoms with Crippen molar-refractivity contribution in [2.24, 2.45) is 0 Å². The van der Waals surface area contributed by atoms with Crippen LogP contribution in [0.4, 0.5) is 0 Å². The average molecular weight is 101 g/mol. The van der Waals surface area contributed by atoms with Gasteiger partial charge in [0, 0.05) is 6.26 Å². The van der Waals surface area contributed by atoms with Gasteiger partial charge in [0.1, 0.15) is 0 Å². The van der Waals surface area contributed by atoms with E-state index in [1.54, 1.807) is 0 Å². The van der Waals surface area contributed by atoms with Crippen molar-refractivity contribution in [3.8, 4) is 0 Å². The van der Waals surface area contributed by atoms with Crippen molar-refractivity contribution in [2.45, 2.75) is 13.8 Å². The summed E-state index contributed by atoms with van der Waals surface area (Å²) < 4.78 is 0. The van der Waals surface area contributed by atoms with Gasteiger partial charge in [0.25, 0.3) is 0 Å².